The first-order valence-corrected chi connectivity index (χ1v) is 8.07. The molecule has 0 spiro atoms. The average molecular weight is 383 g/mol. The second-order valence-corrected chi connectivity index (χ2v) is 6.42. The summed E-state index contributed by atoms with van der Waals surface area (Å²) in [4.78, 5) is 27.8. The van der Waals surface area contributed by atoms with E-state index in [2.05, 4.69) is 20.0 Å². The Hall–Kier alpha value is -2.91. The quantitative estimate of drug-likeness (QED) is 0.798. The number of alkyl halides is 3. The van der Waals surface area contributed by atoms with Crippen LogP contribution in [0.3, 0.4) is 0 Å². The fraction of sp³-hybridized carbons (Fsp3) is 0.412. The number of nitrogens with zero attached hydrogens (tertiary/aromatic N) is 2. The third-order valence-corrected chi connectivity index (χ3v) is 4.45. The Balaban J connectivity index is 1.76. The lowest BCUT2D eigenvalue weighted by Crippen LogP contribution is -2.54. The molecule has 0 unspecified atom stereocenters. The number of hydrogen-bond acceptors (Lipinski definition) is 6. The maximum Gasteiger partial charge on any atom is 0.471 e. The highest BCUT2D eigenvalue weighted by molar-refractivity contribution is 5.98. The smallest absolute Gasteiger partial charge is 0.467 e. The van der Waals surface area contributed by atoms with Gasteiger partial charge in [-0.15, -0.1) is 0 Å². The maximum atomic E-state index is 12.5. The lowest BCUT2D eigenvalue weighted by Gasteiger charge is -2.27. The Morgan fingerprint density at radius 1 is 1.22 bits per heavy atom. The first kappa shape index (κ1) is 18.9. The summed E-state index contributed by atoms with van der Waals surface area (Å²) in [5.74, 6) is -2.70. The maximum absolute atomic E-state index is 12.5. The number of hydrogen-bond donors (Lipinski definition) is 1. The zero-order valence-corrected chi connectivity index (χ0v) is 14.5. The van der Waals surface area contributed by atoms with E-state index in [1.807, 2.05) is 0 Å². The Morgan fingerprint density at radius 2 is 1.85 bits per heavy atom. The third-order valence-electron chi connectivity index (χ3n) is 4.45. The van der Waals surface area contributed by atoms with E-state index < -0.39 is 29.5 Å². The van der Waals surface area contributed by atoms with Gasteiger partial charge in [0.05, 0.1) is 7.11 Å². The van der Waals surface area contributed by atoms with Crippen molar-refractivity contribution in [1.29, 1.82) is 0 Å². The molecule has 1 saturated carbocycles. The van der Waals surface area contributed by atoms with Crippen LogP contribution >= 0.6 is 0 Å². The SMILES string of the molecule is COC(=O)[C@@](C)(NC(=O)c1ccc(-c2noc(C(F)(F)F)n2)cc1)C1CC1. The second kappa shape index (κ2) is 6.67. The normalized spacial score (nSPS) is 16.5. The van der Waals surface area contributed by atoms with Crippen molar-refractivity contribution >= 4 is 11.9 Å². The largest absolute Gasteiger partial charge is 0.471 e. The molecule has 2 aromatic rings. The molecule has 144 valence electrons. The van der Waals surface area contributed by atoms with Crippen LogP contribution in [0, 0.1) is 5.92 Å². The van der Waals surface area contributed by atoms with Gasteiger partial charge in [-0.1, -0.05) is 17.3 Å². The number of methoxy groups -OCH3 is 1. The minimum absolute atomic E-state index is 0.00768. The third kappa shape index (κ3) is 3.79. The predicted molar refractivity (Wildman–Crippen MR) is 85.3 cm³/mol. The molecule has 0 bridgehead atoms. The molecular formula is C17H16F3N3O4. The summed E-state index contributed by atoms with van der Waals surface area (Å²) in [5.41, 5.74) is -0.641. The number of carbonyl (C=O) groups is 2. The molecule has 1 N–H and O–H groups in total. The molecule has 1 aliphatic rings. The highest BCUT2D eigenvalue weighted by Gasteiger charge is 2.49. The minimum atomic E-state index is -4.73. The van der Waals surface area contributed by atoms with E-state index >= 15 is 0 Å². The lowest BCUT2D eigenvalue weighted by molar-refractivity contribution is -0.159. The van der Waals surface area contributed by atoms with E-state index in [-0.39, 0.29) is 22.9 Å². The van der Waals surface area contributed by atoms with Gasteiger partial charge in [0.2, 0.25) is 5.82 Å². The van der Waals surface area contributed by atoms with E-state index in [1.54, 1.807) is 6.92 Å². The predicted octanol–water partition coefficient (Wildman–Crippen LogP) is 2.83. The summed E-state index contributed by atoms with van der Waals surface area (Å²) in [7, 11) is 1.25. The fourth-order valence-corrected chi connectivity index (χ4v) is 2.73. The summed E-state index contributed by atoms with van der Waals surface area (Å²) >= 11 is 0. The molecule has 0 saturated heterocycles. The molecule has 27 heavy (non-hydrogen) atoms. The Labute approximate surface area is 151 Å². The van der Waals surface area contributed by atoms with E-state index in [1.165, 1.54) is 31.4 Å². The molecule has 3 rings (SSSR count). The number of esters is 1. The molecule has 1 aromatic heterocycles. The first-order chi connectivity index (χ1) is 12.6. The molecule has 1 aromatic carbocycles. The molecule has 1 atom stereocenters. The zero-order valence-electron chi connectivity index (χ0n) is 14.5. The van der Waals surface area contributed by atoms with Crippen LogP contribution in [-0.2, 0) is 15.7 Å². The van der Waals surface area contributed by atoms with Crippen LogP contribution in [0.5, 0.6) is 0 Å². The molecule has 0 radical (unpaired) electrons. The molecule has 7 nitrogen and oxygen atoms in total. The fourth-order valence-electron chi connectivity index (χ4n) is 2.73. The molecule has 1 amide bonds. The number of rotatable bonds is 5. The average Bonchev–Trinajstić information content (AvgIpc) is 3.37. The minimum Gasteiger partial charge on any atom is -0.467 e. The van der Waals surface area contributed by atoms with Crippen molar-refractivity contribution in [3.63, 3.8) is 0 Å². The Bertz CT molecular complexity index is 859. The molecular weight excluding hydrogens is 367 g/mol. The van der Waals surface area contributed by atoms with Gasteiger partial charge in [-0.2, -0.15) is 18.2 Å². The monoisotopic (exact) mass is 383 g/mol. The topological polar surface area (TPSA) is 94.3 Å². The molecule has 1 heterocycles. The number of amides is 1. The van der Waals surface area contributed by atoms with Gasteiger partial charge in [-0.3, -0.25) is 4.79 Å². The number of ether oxygens (including phenoxy) is 1. The summed E-state index contributed by atoms with van der Waals surface area (Å²) in [5, 5.41) is 5.98. The van der Waals surface area contributed by atoms with Crippen molar-refractivity contribution < 1.29 is 32.0 Å². The van der Waals surface area contributed by atoms with E-state index in [0.29, 0.717) is 0 Å². The Morgan fingerprint density at radius 3 is 2.33 bits per heavy atom. The van der Waals surface area contributed by atoms with Gasteiger partial charge in [0, 0.05) is 11.1 Å². The zero-order chi connectivity index (χ0) is 19.8. The second-order valence-electron chi connectivity index (χ2n) is 6.42. The number of nitrogens with one attached hydrogen (secondary N) is 1. The van der Waals surface area contributed by atoms with Crippen molar-refractivity contribution in [2.75, 3.05) is 7.11 Å². The van der Waals surface area contributed by atoms with Gasteiger partial charge in [0.1, 0.15) is 5.54 Å². The summed E-state index contributed by atoms with van der Waals surface area (Å²) in [6, 6.07) is 5.59. The van der Waals surface area contributed by atoms with Crippen LogP contribution in [0.2, 0.25) is 0 Å². The van der Waals surface area contributed by atoms with E-state index in [4.69, 9.17) is 4.74 Å². The Kier molecular flexibility index (Phi) is 4.66. The molecule has 10 heteroatoms. The number of carbonyl (C=O) groups excluding carboxylic acids is 2. The van der Waals surface area contributed by atoms with Crippen LogP contribution in [0.15, 0.2) is 28.8 Å². The lowest BCUT2D eigenvalue weighted by atomic mass is 9.95. The summed E-state index contributed by atoms with van der Waals surface area (Å²) in [6.45, 7) is 1.61. The highest BCUT2D eigenvalue weighted by atomic mass is 19.4. The van der Waals surface area contributed by atoms with Gasteiger partial charge in [0.15, 0.2) is 0 Å². The first-order valence-electron chi connectivity index (χ1n) is 8.07. The van der Waals surface area contributed by atoms with Gasteiger partial charge in [-0.25, -0.2) is 4.79 Å². The van der Waals surface area contributed by atoms with Crippen molar-refractivity contribution in [1.82, 2.24) is 15.5 Å². The van der Waals surface area contributed by atoms with Crippen LogP contribution in [0.1, 0.15) is 36.0 Å². The summed E-state index contributed by atoms with van der Waals surface area (Å²) < 4.78 is 46.5. The van der Waals surface area contributed by atoms with Crippen molar-refractivity contribution in [3.05, 3.63) is 35.7 Å². The van der Waals surface area contributed by atoms with Crippen LogP contribution < -0.4 is 5.32 Å². The molecule has 0 aliphatic heterocycles. The van der Waals surface area contributed by atoms with Crippen LogP contribution in [0.4, 0.5) is 13.2 Å². The van der Waals surface area contributed by atoms with Crippen molar-refractivity contribution in [2.45, 2.75) is 31.5 Å². The standard InChI is InChI=1S/C17H16F3N3O4/c1-16(11-7-8-11,15(25)26-2)22-13(24)10-5-3-9(4-6-10)12-21-14(27-23-12)17(18,19)20/h3-6,11H,7-8H2,1-2H3,(H,22,24)/t16-/m0/s1. The van der Waals surface area contributed by atoms with Crippen LogP contribution in [-0.4, -0.2) is 34.7 Å². The number of halogens is 3. The molecule has 1 aliphatic carbocycles. The van der Waals surface area contributed by atoms with Gasteiger partial charge in [0.25, 0.3) is 5.91 Å². The van der Waals surface area contributed by atoms with Gasteiger partial charge in [-0.05, 0) is 37.8 Å². The van der Waals surface area contributed by atoms with Gasteiger partial charge >= 0.3 is 18.0 Å². The van der Waals surface area contributed by atoms with Crippen molar-refractivity contribution in [2.24, 2.45) is 5.92 Å². The van der Waals surface area contributed by atoms with Gasteiger partial charge < -0.3 is 14.6 Å². The highest BCUT2D eigenvalue weighted by Crippen LogP contribution is 2.40. The molecule has 1 fully saturated rings. The van der Waals surface area contributed by atoms with Crippen molar-refractivity contribution in [3.8, 4) is 11.4 Å². The number of benzene rings is 1. The van der Waals surface area contributed by atoms with E-state index in [0.717, 1.165) is 12.8 Å². The summed E-state index contributed by atoms with van der Waals surface area (Å²) in [6.07, 6.45) is -3.11. The number of aromatic nitrogens is 2. The van der Waals surface area contributed by atoms with Crippen LogP contribution in [0.25, 0.3) is 11.4 Å². The van der Waals surface area contributed by atoms with E-state index in [9.17, 15) is 22.8 Å².